The topological polar surface area (TPSA) is 73.6 Å². The zero-order valence-corrected chi connectivity index (χ0v) is 10.2. The maximum atomic E-state index is 11.6. The second kappa shape index (κ2) is 6.26. The van der Waals surface area contributed by atoms with Crippen molar-refractivity contribution in [3.8, 4) is 5.75 Å². The molecule has 0 spiro atoms. The molecule has 1 amide bonds. The number of nitrogens with two attached hydrogens (primary N) is 1. The molecule has 1 heterocycles. The number of amides is 1. The Kier molecular flexibility index (Phi) is 4.41. The average molecular weight is 250 g/mol. The lowest BCUT2D eigenvalue weighted by molar-refractivity contribution is -0.123. The lowest BCUT2D eigenvalue weighted by atomic mass is 10.2. The Hall–Kier alpha value is -1.75. The van der Waals surface area contributed by atoms with Crippen molar-refractivity contribution in [3.63, 3.8) is 0 Å². The fraction of sp³-hybridized carbons (Fsp3) is 0.462. The molecule has 3 N–H and O–H groups in total. The largest absolute Gasteiger partial charge is 0.482 e. The summed E-state index contributed by atoms with van der Waals surface area (Å²) in [5.41, 5.74) is 6.24. The molecule has 1 atom stereocenters. The number of anilines is 1. The van der Waals surface area contributed by atoms with Gasteiger partial charge in [0.05, 0.1) is 11.8 Å². The van der Waals surface area contributed by atoms with E-state index in [0.29, 0.717) is 18.0 Å². The SMILES string of the molecule is Nc1ccccc1OCC(=O)NCC1CCCO1. The van der Waals surface area contributed by atoms with Gasteiger partial charge in [0.25, 0.3) is 5.91 Å². The summed E-state index contributed by atoms with van der Waals surface area (Å²) in [6.45, 7) is 1.31. The monoisotopic (exact) mass is 250 g/mol. The van der Waals surface area contributed by atoms with Crippen LogP contribution >= 0.6 is 0 Å². The zero-order valence-electron chi connectivity index (χ0n) is 10.2. The van der Waals surface area contributed by atoms with E-state index in [0.717, 1.165) is 19.4 Å². The second-order valence-corrected chi connectivity index (χ2v) is 4.27. The summed E-state index contributed by atoms with van der Waals surface area (Å²) in [6.07, 6.45) is 2.22. The molecule has 1 aromatic carbocycles. The van der Waals surface area contributed by atoms with Crippen LogP contribution in [0.3, 0.4) is 0 Å². The van der Waals surface area contributed by atoms with Gasteiger partial charge in [-0.05, 0) is 25.0 Å². The molecule has 18 heavy (non-hydrogen) atoms. The molecule has 1 aromatic rings. The average Bonchev–Trinajstić information content (AvgIpc) is 2.88. The van der Waals surface area contributed by atoms with Gasteiger partial charge in [-0.15, -0.1) is 0 Å². The van der Waals surface area contributed by atoms with Crippen molar-refractivity contribution in [2.45, 2.75) is 18.9 Å². The van der Waals surface area contributed by atoms with E-state index in [-0.39, 0.29) is 18.6 Å². The van der Waals surface area contributed by atoms with Gasteiger partial charge in [0.15, 0.2) is 6.61 Å². The van der Waals surface area contributed by atoms with Gasteiger partial charge in [0.1, 0.15) is 5.75 Å². The summed E-state index contributed by atoms with van der Waals surface area (Å²) >= 11 is 0. The van der Waals surface area contributed by atoms with Crippen molar-refractivity contribution in [1.82, 2.24) is 5.32 Å². The van der Waals surface area contributed by atoms with Gasteiger partial charge in [-0.2, -0.15) is 0 Å². The summed E-state index contributed by atoms with van der Waals surface area (Å²) in [4.78, 5) is 11.6. The number of hydrogen-bond donors (Lipinski definition) is 2. The fourth-order valence-corrected chi connectivity index (χ4v) is 1.84. The highest BCUT2D eigenvalue weighted by Gasteiger charge is 2.16. The molecular weight excluding hydrogens is 232 g/mol. The summed E-state index contributed by atoms with van der Waals surface area (Å²) in [6, 6.07) is 7.11. The number of carbonyl (C=O) groups excluding carboxylic acids is 1. The molecule has 1 fully saturated rings. The van der Waals surface area contributed by atoms with Crippen molar-refractivity contribution in [1.29, 1.82) is 0 Å². The first-order chi connectivity index (χ1) is 8.75. The minimum Gasteiger partial charge on any atom is -0.482 e. The number of nitrogens with one attached hydrogen (secondary N) is 1. The van der Waals surface area contributed by atoms with Crippen LogP contribution in [0.4, 0.5) is 5.69 Å². The molecular formula is C13H18N2O3. The maximum absolute atomic E-state index is 11.6. The molecule has 0 saturated carbocycles. The smallest absolute Gasteiger partial charge is 0.258 e. The number of benzene rings is 1. The third kappa shape index (κ3) is 3.63. The van der Waals surface area contributed by atoms with Gasteiger partial charge in [-0.3, -0.25) is 4.79 Å². The lowest BCUT2D eigenvalue weighted by Crippen LogP contribution is -2.35. The van der Waals surface area contributed by atoms with Gasteiger partial charge < -0.3 is 20.5 Å². The van der Waals surface area contributed by atoms with Crippen molar-refractivity contribution < 1.29 is 14.3 Å². The number of ether oxygens (including phenoxy) is 2. The molecule has 0 aliphatic carbocycles. The van der Waals surface area contributed by atoms with Gasteiger partial charge in [-0.1, -0.05) is 12.1 Å². The Bertz CT molecular complexity index is 403. The van der Waals surface area contributed by atoms with Gasteiger partial charge in [0.2, 0.25) is 0 Å². The molecule has 1 aliphatic heterocycles. The molecule has 0 aromatic heterocycles. The first kappa shape index (κ1) is 12.7. The first-order valence-corrected chi connectivity index (χ1v) is 6.11. The molecule has 0 radical (unpaired) electrons. The summed E-state index contributed by atoms with van der Waals surface area (Å²) in [5.74, 6) is 0.374. The fourth-order valence-electron chi connectivity index (χ4n) is 1.84. The van der Waals surface area contributed by atoms with E-state index in [1.165, 1.54) is 0 Å². The summed E-state index contributed by atoms with van der Waals surface area (Å²) < 4.78 is 10.7. The highest BCUT2D eigenvalue weighted by Crippen LogP contribution is 2.19. The lowest BCUT2D eigenvalue weighted by Gasteiger charge is -2.12. The highest BCUT2D eigenvalue weighted by atomic mass is 16.5. The second-order valence-electron chi connectivity index (χ2n) is 4.27. The van der Waals surface area contributed by atoms with Crippen LogP contribution < -0.4 is 15.8 Å². The van der Waals surface area contributed by atoms with Crippen LogP contribution in [0.5, 0.6) is 5.75 Å². The number of rotatable bonds is 5. The first-order valence-electron chi connectivity index (χ1n) is 6.11. The minimum atomic E-state index is -0.159. The van der Waals surface area contributed by atoms with Crippen LogP contribution in [-0.2, 0) is 9.53 Å². The molecule has 1 unspecified atom stereocenters. The normalized spacial score (nSPS) is 18.6. The van der Waals surface area contributed by atoms with Gasteiger partial charge in [0, 0.05) is 13.2 Å². The van der Waals surface area contributed by atoms with Crippen LogP contribution in [0.25, 0.3) is 0 Å². The van der Waals surface area contributed by atoms with E-state index < -0.39 is 0 Å². The van der Waals surface area contributed by atoms with E-state index in [9.17, 15) is 4.79 Å². The van der Waals surface area contributed by atoms with Gasteiger partial charge in [-0.25, -0.2) is 0 Å². The number of carbonyl (C=O) groups is 1. The Morgan fingerprint density at radius 2 is 2.33 bits per heavy atom. The Labute approximate surface area is 106 Å². The Morgan fingerprint density at radius 3 is 3.06 bits per heavy atom. The summed E-state index contributed by atoms with van der Waals surface area (Å²) in [5, 5.41) is 2.78. The highest BCUT2D eigenvalue weighted by molar-refractivity contribution is 5.77. The molecule has 5 heteroatoms. The zero-order chi connectivity index (χ0) is 12.8. The number of para-hydroxylation sites is 2. The molecule has 0 bridgehead atoms. The van der Waals surface area contributed by atoms with E-state index in [4.69, 9.17) is 15.2 Å². The number of hydrogen-bond acceptors (Lipinski definition) is 4. The quantitative estimate of drug-likeness (QED) is 0.763. The van der Waals surface area contributed by atoms with Crippen molar-refractivity contribution >= 4 is 11.6 Å². The predicted molar refractivity (Wildman–Crippen MR) is 68.3 cm³/mol. The molecule has 2 rings (SSSR count). The maximum Gasteiger partial charge on any atom is 0.258 e. The van der Waals surface area contributed by atoms with Crippen molar-refractivity contribution in [3.05, 3.63) is 24.3 Å². The van der Waals surface area contributed by atoms with Crippen LogP contribution in [0.15, 0.2) is 24.3 Å². The molecule has 5 nitrogen and oxygen atoms in total. The van der Waals surface area contributed by atoms with Crippen LogP contribution in [0, 0.1) is 0 Å². The van der Waals surface area contributed by atoms with Crippen molar-refractivity contribution in [2.75, 3.05) is 25.5 Å². The van der Waals surface area contributed by atoms with Gasteiger partial charge >= 0.3 is 0 Å². The molecule has 1 saturated heterocycles. The third-order valence-corrected chi connectivity index (χ3v) is 2.83. The minimum absolute atomic E-state index is 0.0269. The van der Waals surface area contributed by atoms with E-state index in [2.05, 4.69) is 5.32 Å². The van der Waals surface area contributed by atoms with E-state index >= 15 is 0 Å². The number of nitrogen functional groups attached to an aromatic ring is 1. The summed E-state index contributed by atoms with van der Waals surface area (Å²) in [7, 11) is 0. The standard InChI is InChI=1S/C13H18N2O3/c14-11-5-1-2-6-12(11)18-9-13(16)15-8-10-4-3-7-17-10/h1-2,5-6,10H,3-4,7-9,14H2,(H,15,16). The Balaban J connectivity index is 1.69. The van der Waals surface area contributed by atoms with Crippen molar-refractivity contribution in [2.24, 2.45) is 0 Å². The van der Waals surface area contributed by atoms with E-state index in [1.807, 2.05) is 12.1 Å². The van der Waals surface area contributed by atoms with Crippen LogP contribution in [0.2, 0.25) is 0 Å². The molecule has 98 valence electrons. The Morgan fingerprint density at radius 1 is 1.50 bits per heavy atom. The van der Waals surface area contributed by atoms with Crippen LogP contribution in [0.1, 0.15) is 12.8 Å². The third-order valence-electron chi connectivity index (χ3n) is 2.83. The van der Waals surface area contributed by atoms with Crippen LogP contribution in [-0.4, -0.2) is 31.8 Å². The predicted octanol–water partition coefficient (Wildman–Crippen LogP) is 0.943. The van der Waals surface area contributed by atoms with E-state index in [1.54, 1.807) is 12.1 Å². The molecule has 1 aliphatic rings.